The summed E-state index contributed by atoms with van der Waals surface area (Å²) in [6, 6.07) is 0. The predicted octanol–water partition coefficient (Wildman–Crippen LogP) is 2.18. The Morgan fingerprint density at radius 2 is 2.00 bits per heavy atom. The van der Waals surface area contributed by atoms with Gasteiger partial charge in [0, 0.05) is 5.92 Å². The van der Waals surface area contributed by atoms with Crippen LogP contribution >= 0.6 is 0 Å². The molecule has 0 N–H and O–H groups in total. The molecule has 0 amide bonds. The summed E-state index contributed by atoms with van der Waals surface area (Å²) >= 11 is 0. The number of carbonyl (C=O) groups is 1. The van der Waals surface area contributed by atoms with Crippen LogP contribution in [-0.4, -0.2) is 6.29 Å². The van der Waals surface area contributed by atoms with Crippen molar-refractivity contribution in [2.45, 2.75) is 25.7 Å². The van der Waals surface area contributed by atoms with Crippen LogP contribution in [0.3, 0.4) is 0 Å². The molecule has 2 atom stereocenters. The third-order valence-electron chi connectivity index (χ3n) is 2.28. The minimum absolute atomic E-state index is 0.316. The van der Waals surface area contributed by atoms with Crippen molar-refractivity contribution >= 4 is 6.29 Å². The summed E-state index contributed by atoms with van der Waals surface area (Å²) in [5.74, 6) is 0.917. The van der Waals surface area contributed by atoms with E-state index in [0.717, 1.165) is 19.1 Å². The smallest absolute Gasteiger partial charge is 0.123 e. The topological polar surface area (TPSA) is 17.1 Å². The second-order valence-electron chi connectivity index (χ2n) is 3.06. The largest absolute Gasteiger partial charge is 0.303 e. The van der Waals surface area contributed by atoms with Crippen molar-refractivity contribution in [3.63, 3.8) is 0 Å². The van der Waals surface area contributed by atoms with E-state index in [4.69, 9.17) is 0 Å². The lowest BCUT2D eigenvalue weighted by Crippen LogP contribution is -2.14. The van der Waals surface area contributed by atoms with Crippen molar-refractivity contribution in [3.05, 3.63) is 12.7 Å². The minimum Gasteiger partial charge on any atom is -0.303 e. The van der Waals surface area contributed by atoms with Crippen LogP contribution in [0.25, 0.3) is 0 Å². The van der Waals surface area contributed by atoms with Crippen LogP contribution in [0.15, 0.2) is 12.7 Å². The van der Waals surface area contributed by atoms with Crippen LogP contribution in [0.2, 0.25) is 0 Å². The maximum absolute atomic E-state index is 10.4. The van der Waals surface area contributed by atoms with Gasteiger partial charge in [-0.1, -0.05) is 12.5 Å². The summed E-state index contributed by atoms with van der Waals surface area (Å²) in [7, 11) is 0. The fourth-order valence-electron chi connectivity index (χ4n) is 1.60. The Labute approximate surface area is 62.1 Å². The molecular formula is C9H14O. The molecule has 1 aliphatic carbocycles. The summed E-state index contributed by atoms with van der Waals surface area (Å²) in [6.45, 7) is 3.74. The van der Waals surface area contributed by atoms with Crippen molar-refractivity contribution in [3.8, 4) is 0 Å². The first-order valence-electron chi connectivity index (χ1n) is 3.94. The monoisotopic (exact) mass is 138 g/mol. The van der Waals surface area contributed by atoms with E-state index < -0.39 is 0 Å². The Bertz CT molecular complexity index is 115. The first-order chi connectivity index (χ1) is 4.86. The normalized spacial score (nSPS) is 33.2. The summed E-state index contributed by atoms with van der Waals surface area (Å²) in [6.07, 6.45) is 7.63. The molecule has 1 nitrogen and oxygen atoms in total. The standard InChI is InChI=1S/C9H14O/c1-2-8-4-3-5-9(6-8)7-10/h2,7-9H,1,3-6H2. The van der Waals surface area contributed by atoms with Gasteiger partial charge in [-0.3, -0.25) is 0 Å². The Kier molecular flexibility index (Phi) is 2.67. The maximum Gasteiger partial charge on any atom is 0.123 e. The average molecular weight is 138 g/mol. The first kappa shape index (κ1) is 7.52. The van der Waals surface area contributed by atoms with E-state index in [1.807, 2.05) is 6.08 Å². The highest BCUT2D eigenvalue weighted by Gasteiger charge is 2.18. The summed E-state index contributed by atoms with van der Waals surface area (Å²) in [5.41, 5.74) is 0. The van der Waals surface area contributed by atoms with Crippen LogP contribution in [-0.2, 0) is 4.79 Å². The lowest BCUT2D eigenvalue weighted by atomic mass is 9.82. The highest BCUT2D eigenvalue weighted by Crippen LogP contribution is 2.27. The van der Waals surface area contributed by atoms with Crippen LogP contribution in [0, 0.1) is 11.8 Å². The Morgan fingerprint density at radius 3 is 2.60 bits per heavy atom. The van der Waals surface area contributed by atoms with E-state index >= 15 is 0 Å². The molecule has 0 heterocycles. The van der Waals surface area contributed by atoms with Crippen molar-refractivity contribution < 1.29 is 4.79 Å². The maximum atomic E-state index is 10.4. The Morgan fingerprint density at radius 1 is 1.30 bits per heavy atom. The van der Waals surface area contributed by atoms with Gasteiger partial charge < -0.3 is 4.79 Å². The summed E-state index contributed by atoms with van der Waals surface area (Å²) in [4.78, 5) is 10.4. The molecule has 1 fully saturated rings. The summed E-state index contributed by atoms with van der Waals surface area (Å²) < 4.78 is 0. The minimum atomic E-state index is 0.316. The van der Waals surface area contributed by atoms with Crippen molar-refractivity contribution in [1.82, 2.24) is 0 Å². The van der Waals surface area contributed by atoms with Crippen molar-refractivity contribution in [2.24, 2.45) is 11.8 Å². The fourth-order valence-corrected chi connectivity index (χ4v) is 1.60. The molecule has 1 aliphatic rings. The molecular weight excluding hydrogens is 124 g/mol. The van der Waals surface area contributed by atoms with E-state index in [1.54, 1.807) is 0 Å². The van der Waals surface area contributed by atoms with Gasteiger partial charge in [-0.15, -0.1) is 6.58 Å². The van der Waals surface area contributed by atoms with Crippen LogP contribution < -0.4 is 0 Å². The number of hydrogen-bond donors (Lipinski definition) is 0. The quantitative estimate of drug-likeness (QED) is 0.422. The number of aldehydes is 1. The SMILES string of the molecule is C=CC1CCCC(C=O)C1. The fraction of sp³-hybridized carbons (Fsp3) is 0.667. The molecule has 0 aromatic heterocycles. The number of hydrogen-bond acceptors (Lipinski definition) is 1. The Hall–Kier alpha value is -0.590. The van der Waals surface area contributed by atoms with E-state index in [2.05, 4.69) is 6.58 Å². The molecule has 0 aliphatic heterocycles. The zero-order valence-corrected chi connectivity index (χ0v) is 6.25. The molecule has 1 heteroatoms. The second kappa shape index (κ2) is 3.55. The third-order valence-corrected chi connectivity index (χ3v) is 2.28. The molecule has 1 saturated carbocycles. The van der Waals surface area contributed by atoms with Crippen LogP contribution in [0.4, 0.5) is 0 Å². The average Bonchev–Trinajstić information content (AvgIpc) is 2.05. The zero-order chi connectivity index (χ0) is 7.40. The molecule has 0 aromatic carbocycles. The van der Waals surface area contributed by atoms with E-state index in [9.17, 15) is 4.79 Å². The highest BCUT2D eigenvalue weighted by molar-refractivity contribution is 5.53. The number of carbonyl (C=O) groups excluding carboxylic acids is 1. The third kappa shape index (κ3) is 1.69. The molecule has 56 valence electrons. The molecule has 0 aromatic rings. The van der Waals surface area contributed by atoms with Crippen molar-refractivity contribution in [1.29, 1.82) is 0 Å². The van der Waals surface area contributed by atoms with E-state index in [0.29, 0.717) is 11.8 Å². The molecule has 2 unspecified atom stereocenters. The Balaban J connectivity index is 2.38. The molecule has 0 bridgehead atoms. The molecule has 0 spiro atoms. The van der Waals surface area contributed by atoms with Crippen molar-refractivity contribution in [2.75, 3.05) is 0 Å². The van der Waals surface area contributed by atoms with Gasteiger partial charge in [0.15, 0.2) is 0 Å². The highest BCUT2D eigenvalue weighted by atomic mass is 16.1. The van der Waals surface area contributed by atoms with Gasteiger partial charge in [0.05, 0.1) is 0 Å². The van der Waals surface area contributed by atoms with Gasteiger partial charge in [0.25, 0.3) is 0 Å². The lowest BCUT2D eigenvalue weighted by Gasteiger charge is -2.22. The van der Waals surface area contributed by atoms with Crippen LogP contribution in [0.5, 0.6) is 0 Å². The van der Waals surface area contributed by atoms with Gasteiger partial charge in [-0.2, -0.15) is 0 Å². The number of allylic oxidation sites excluding steroid dienone is 1. The molecule has 0 saturated heterocycles. The zero-order valence-electron chi connectivity index (χ0n) is 6.25. The summed E-state index contributed by atoms with van der Waals surface area (Å²) in [5, 5.41) is 0. The molecule has 10 heavy (non-hydrogen) atoms. The van der Waals surface area contributed by atoms with E-state index in [-0.39, 0.29) is 0 Å². The van der Waals surface area contributed by atoms with Gasteiger partial charge >= 0.3 is 0 Å². The van der Waals surface area contributed by atoms with Gasteiger partial charge in [-0.25, -0.2) is 0 Å². The first-order valence-corrected chi connectivity index (χ1v) is 3.94. The van der Waals surface area contributed by atoms with Gasteiger partial charge in [0.1, 0.15) is 6.29 Å². The van der Waals surface area contributed by atoms with E-state index in [1.165, 1.54) is 12.8 Å². The van der Waals surface area contributed by atoms with Gasteiger partial charge in [-0.05, 0) is 25.2 Å². The number of rotatable bonds is 2. The van der Waals surface area contributed by atoms with Gasteiger partial charge in [0.2, 0.25) is 0 Å². The van der Waals surface area contributed by atoms with Crippen LogP contribution in [0.1, 0.15) is 25.7 Å². The second-order valence-corrected chi connectivity index (χ2v) is 3.06. The lowest BCUT2D eigenvalue weighted by molar-refractivity contribution is -0.112. The molecule has 1 rings (SSSR count). The predicted molar refractivity (Wildman–Crippen MR) is 41.7 cm³/mol. The molecule has 0 radical (unpaired) electrons.